The first-order valence-corrected chi connectivity index (χ1v) is 8.40. The van der Waals surface area contributed by atoms with Crippen LogP contribution in [0.4, 0.5) is 0 Å². The second kappa shape index (κ2) is 6.16. The first-order chi connectivity index (χ1) is 9.04. The number of carboxylic acid groups (broad SMARTS) is 1. The van der Waals surface area contributed by atoms with E-state index in [0.717, 1.165) is 19.3 Å². The topological polar surface area (TPSA) is 57.6 Å². The van der Waals surface area contributed by atoms with Gasteiger partial charge in [-0.3, -0.25) is 4.79 Å². The summed E-state index contributed by atoms with van der Waals surface area (Å²) in [5, 5.41) is 9.63. The number of likely N-dealkylation sites (tertiary alicyclic amines) is 1. The molecule has 5 heteroatoms. The molecule has 1 heterocycles. The fraction of sp³-hybridized carbons (Fsp3) is 0.857. The molecule has 4 unspecified atom stereocenters. The van der Waals surface area contributed by atoms with Gasteiger partial charge in [0, 0.05) is 17.7 Å². The van der Waals surface area contributed by atoms with Gasteiger partial charge in [-0.2, -0.15) is 11.8 Å². The fourth-order valence-electron chi connectivity index (χ4n) is 3.47. The van der Waals surface area contributed by atoms with Crippen molar-refractivity contribution in [3.05, 3.63) is 0 Å². The lowest BCUT2D eigenvalue weighted by atomic mass is 9.84. The number of nitrogens with zero attached hydrogens (tertiary/aromatic N) is 1. The van der Waals surface area contributed by atoms with Gasteiger partial charge in [-0.25, -0.2) is 4.79 Å². The maximum absolute atomic E-state index is 12.4. The highest BCUT2D eigenvalue weighted by Crippen LogP contribution is 2.40. The van der Waals surface area contributed by atoms with Crippen LogP contribution in [0.1, 0.15) is 45.4 Å². The van der Waals surface area contributed by atoms with Crippen LogP contribution in [0.3, 0.4) is 0 Å². The van der Waals surface area contributed by atoms with Crippen LogP contribution < -0.4 is 0 Å². The highest BCUT2D eigenvalue weighted by molar-refractivity contribution is 7.99. The summed E-state index contributed by atoms with van der Waals surface area (Å²) in [5.41, 5.74) is 0. The summed E-state index contributed by atoms with van der Waals surface area (Å²) in [6.45, 7) is 2.02. The largest absolute Gasteiger partial charge is 0.480 e. The molecule has 0 aromatic carbocycles. The molecule has 1 saturated heterocycles. The van der Waals surface area contributed by atoms with Crippen molar-refractivity contribution in [2.45, 2.75) is 62.8 Å². The van der Waals surface area contributed by atoms with Crippen LogP contribution in [-0.2, 0) is 9.59 Å². The van der Waals surface area contributed by atoms with Crippen LogP contribution in [0.15, 0.2) is 0 Å². The van der Waals surface area contributed by atoms with Gasteiger partial charge in [0.25, 0.3) is 0 Å². The highest BCUT2D eigenvalue weighted by Gasteiger charge is 2.47. The van der Waals surface area contributed by atoms with Crippen molar-refractivity contribution in [1.29, 1.82) is 0 Å². The van der Waals surface area contributed by atoms with E-state index >= 15 is 0 Å². The van der Waals surface area contributed by atoms with Crippen LogP contribution in [0.5, 0.6) is 0 Å². The van der Waals surface area contributed by atoms with Crippen molar-refractivity contribution in [2.24, 2.45) is 5.92 Å². The monoisotopic (exact) mass is 285 g/mol. The Morgan fingerprint density at radius 3 is 2.68 bits per heavy atom. The smallest absolute Gasteiger partial charge is 0.326 e. The summed E-state index contributed by atoms with van der Waals surface area (Å²) >= 11 is 1.66. The van der Waals surface area contributed by atoms with E-state index in [4.69, 9.17) is 0 Å². The van der Waals surface area contributed by atoms with E-state index in [2.05, 4.69) is 0 Å². The standard InChI is InChI=1S/C14H23NO3S/c1-9(19-2)7-13(16)15-11-6-4-3-5-10(11)8-12(15)14(17)18/h9-12H,3-8H2,1-2H3,(H,17,18). The lowest BCUT2D eigenvalue weighted by molar-refractivity contribution is -0.149. The first-order valence-electron chi connectivity index (χ1n) is 7.11. The van der Waals surface area contributed by atoms with Crippen LogP contribution in [0.25, 0.3) is 0 Å². The number of amides is 1. The average molecular weight is 285 g/mol. The molecule has 0 spiro atoms. The minimum atomic E-state index is -0.834. The van der Waals surface area contributed by atoms with Gasteiger partial charge in [-0.1, -0.05) is 19.8 Å². The SMILES string of the molecule is CSC(C)CC(=O)N1C(C(=O)O)CC2CCCCC21. The molecular formula is C14H23NO3S. The van der Waals surface area contributed by atoms with Crippen molar-refractivity contribution in [2.75, 3.05) is 6.26 Å². The molecule has 1 amide bonds. The molecule has 2 rings (SSSR count). The van der Waals surface area contributed by atoms with Gasteiger partial charge in [0.1, 0.15) is 6.04 Å². The van der Waals surface area contributed by atoms with Crippen molar-refractivity contribution >= 4 is 23.6 Å². The number of hydrogen-bond acceptors (Lipinski definition) is 3. The van der Waals surface area contributed by atoms with Crippen molar-refractivity contribution in [1.82, 2.24) is 4.90 Å². The third-order valence-corrected chi connectivity index (χ3v) is 5.50. The third kappa shape index (κ3) is 3.07. The van der Waals surface area contributed by atoms with E-state index < -0.39 is 12.0 Å². The lowest BCUT2D eigenvalue weighted by Gasteiger charge is -2.33. The highest BCUT2D eigenvalue weighted by atomic mass is 32.2. The van der Waals surface area contributed by atoms with Gasteiger partial charge < -0.3 is 10.0 Å². The average Bonchev–Trinajstić information content (AvgIpc) is 2.78. The Labute approximate surface area is 118 Å². The van der Waals surface area contributed by atoms with Crippen LogP contribution in [0, 0.1) is 5.92 Å². The zero-order chi connectivity index (χ0) is 14.0. The Morgan fingerprint density at radius 1 is 1.37 bits per heavy atom. The molecule has 1 N–H and O–H groups in total. The summed E-state index contributed by atoms with van der Waals surface area (Å²) in [6, 6.07) is -0.411. The summed E-state index contributed by atoms with van der Waals surface area (Å²) in [4.78, 5) is 25.6. The van der Waals surface area contributed by atoms with Crippen LogP contribution >= 0.6 is 11.8 Å². The van der Waals surface area contributed by atoms with Crippen LogP contribution in [0.2, 0.25) is 0 Å². The summed E-state index contributed by atoms with van der Waals surface area (Å²) in [6.07, 6.45) is 7.45. The second-order valence-corrected chi connectivity index (χ2v) is 7.03. The third-order valence-electron chi connectivity index (χ3n) is 4.53. The molecule has 4 atom stereocenters. The predicted octanol–water partition coefficient (Wildman–Crippen LogP) is 2.37. The molecule has 4 nitrogen and oxygen atoms in total. The van der Waals surface area contributed by atoms with Crippen molar-refractivity contribution in [3.8, 4) is 0 Å². The van der Waals surface area contributed by atoms with Crippen molar-refractivity contribution < 1.29 is 14.7 Å². The van der Waals surface area contributed by atoms with Gasteiger partial charge in [-0.15, -0.1) is 0 Å². The van der Waals surface area contributed by atoms with Gasteiger partial charge >= 0.3 is 5.97 Å². The molecule has 1 aliphatic heterocycles. The molecule has 1 saturated carbocycles. The maximum atomic E-state index is 12.4. The molecule has 108 valence electrons. The summed E-state index contributed by atoms with van der Waals surface area (Å²) in [7, 11) is 0. The molecular weight excluding hydrogens is 262 g/mol. The Balaban J connectivity index is 2.13. The van der Waals surface area contributed by atoms with E-state index in [-0.39, 0.29) is 17.2 Å². The van der Waals surface area contributed by atoms with Gasteiger partial charge in [0.05, 0.1) is 0 Å². The summed E-state index contributed by atoms with van der Waals surface area (Å²) in [5.74, 6) is -0.397. The van der Waals surface area contributed by atoms with E-state index in [1.807, 2.05) is 13.2 Å². The zero-order valence-corrected chi connectivity index (χ0v) is 12.5. The number of thioether (sulfide) groups is 1. The van der Waals surface area contributed by atoms with E-state index in [1.165, 1.54) is 6.42 Å². The molecule has 19 heavy (non-hydrogen) atoms. The van der Waals surface area contributed by atoms with Gasteiger partial charge in [-0.05, 0) is 31.4 Å². The van der Waals surface area contributed by atoms with E-state index in [1.54, 1.807) is 16.7 Å². The molecule has 1 aliphatic carbocycles. The van der Waals surface area contributed by atoms with E-state index in [9.17, 15) is 14.7 Å². The van der Waals surface area contributed by atoms with Gasteiger partial charge in [0.15, 0.2) is 0 Å². The predicted molar refractivity (Wildman–Crippen MR) is 76.2 cm³/mol. The number of carboxylic acids is 1. The first kappa shape index (κ1) is 14.7. The number of carbonyl (C=O) groups is 2. The molecule has 0 radical (unpaired) electrons. The Kier molecular flexibility index (Phi) is 4.76. The molecule has 2 aliphatic rings. The minimum Gasteiger partial charge on any atom is -0.480 e. The fourth-order valence-corrected chi connectivity index (χ4v) is 3.78. The van der Waals surface area contributed by atoms with Crippen molar-refractivity contribution in [3.63, 3.8) is 0 Å². The molecule has 0 bridgehead atoms. The number of fused-ring (bicyclic) bond motifs is 1. The number of aliphatic carboxylic acids is 1. The zero-order valence-electron chi connectivity index (χ0n) is 11.7. The number of hydrogen-bond donors (Lipinski definition) is 1. The Hall–Kier alpha value is -0.710. The number of carbonyl (C=O) groups excluding carboxylic acids is 1. The van der Waals surface area contributed by atoms with Crippen LogP contribution in [-0.4, -0.2) is 45.5 Å². The quantitative estimate of drug-likeness (QED) is 0.861. The minimum absolute atomic E-state index is 0.0312. The molecule has 2 fully saturated rings. The maximum Gasteiger partial charge on any atom is 0.326 e. The molecule has 0 aromatic heterocycles. The Morgan fingerprint density at radius 2 is 2.05 bits per heavy atom. The Bertz CT molecular complexity index is 361. The summed E-state index contributed by atoms with van der Waals surface area (Å²) < 4.78 is 0. The van der Waals surface area contributed by atoms with E-state index in [0.29, 0.717) is 18.8 Å². The second-order valence-electron chi connectivity index (χ2n) is 5.75. The van der Waals surface area contributed by atoms with Gasteiger partial charge in [0.2, 0.25) is 5.91 Å². The molecule has 0 aromatic rings. The normalized spacial score (nSPS) is 31.9. The lowest BCUT2D eigenvalue weighted by Crippen LogP contribution is -2.46. The number of rotatable bonds is 4.